The number of aliphatic hydroxyl groups is 1. The lowest BCUT2D eigenvalue weighted by atomic mass is 9.69. The Bertz CT molecular complexity index is 621. The first-order valence-corrected chi connectivity index (χ1v) is 9.81. The predicted octanol–water partition coefficient (Wildman–Crippen LogP) is 7.50. The zero-order valence-corrected chi connectivity index (χ0v) is 18.4. The molecule has 1 N–H and O–H groups in total. The average molecular weight is 369 g/mol. The first-order valence-electron chi connectivity index (χ1n) is 9.81. The van der Waals surface area contributed by atoms with Gasteiger partial charge in [-0.3, -0.25) is 0 Å². The lowest BCUT2D eigenvalue weighted by molar-refractivity contribution is 0.203. The van der Waals surface area contributed by atoms with Crippen molar-refractivity contribution < 1.29 is 5.11 Å². The summed E-state index contributed by atoms with van der Waals surface area (Å²) < 4.78 is 0. The van der Waals surface area contributed by atoms with E-state index in [9.17, 15) is 5.11 Å². The lowest BCUT2D eigenvalue weighted by Gasteiger charge is -2.36. The molecule has 0 bridgehead atoms. The third kappa shape index (κ3) is 9.06. The topological polar surface area (TPSA) is 20.2 Å². The van der Waals surface area contributed by atoms with Crippen LogP contribution < -0.4 is 0 Å². The predicted molar refractivity (Wildman–Crippen MR) is 123 cm³/mol. The number of rotatable bonds is 12. The molecule has 0 aromatic rings. The van der Waals surface area contributed by atoms with Crippen LogP contribution in [0.4, 0.5) is 0 Å². The second-order valence-corrected chi connectivity index (χ2v) is 8.54. The van der Waals surface area contributed by atoms with Gasteiger partial charge in [0.05, 0.1) is 6.10 Å². The summed E-state index contributed by atoms with van der Waals surface area (Å²) in [6.07, 6.45) is 17.7. The Morgan fingerprint density at radius 3 is 2.15 bits per heavy atom. The smallest absolute Gasteiger partial charge is 0.0998 e. The van der Waals surface area contributed by atoms with Crippen molar-refractivity contribution in [2.45, 2.75) is 66.9 Å². The molecule has 0 heterocycles. The van der Waals surface area contributed by atoms with Gasteiger partial charge in [-0.2, -0.15) is 0 Å². The van der Waals surface area contributed by atoms with E-state index in [4.69, 9.17) is 0 Å². The van der Waals surface area contributed by atoms with Gasteiger partial charge in [-0.05, 0) is 60.7 Å². The van der Waals surface area contributed by atoms with Crippen molar-refractivity contribution in [2.24, 2.45) is 10.8 Å². The maximum absolute atomic E-state index is 10.7. The average Bonchev–Trinajstić information content (AvgIpc) is 2.59. The van der Waals surface area contributed by atoms with Crippen LogP contribution in [-0.4, -0.2) is 11.2 Å². The van der Waals surface area contributed by atoms with Gasteiger partial charge in [-0.1, -0.05) is 96.0 Å². The summed E-state index contributed by atoms with van der Waals surface area (Å²) in [5.74, 6) is 0. The first kappa shape index (κ1) is 25.1. The van der Waals surface area contributed by atoms with Crippen LogP contribution in [-0.2, 0) is 0 Å². The maximum Gasteiger partial charge on any atom is 0.0998 e. The Morgan fingerprint density at radius 1 is 1.04 bits per heavy atom. The molecule has 0 saturated carbocycles. The summed E-state index contributed by atoms with van der Waals surface area (Å²) in [7, 11) is 0. The fourth-order valence-electron chi connectivity index (χ4n) is 3.59. The van der Waals surface area contributed by atoms with Crippen molar-refractivity contribution in [1.82, 2.24) is 0 Å². The van der Waals surface area contributed by atoms with E-state index in [1.54, 1.807) is 0 Å². The fraction of sp³-hybridized carbons (Fsp3) is 0.462. The van der Waals surface area contributed by atoms with E-state index in [0.717, 1.165) is 30.4 Å². The SMILES string of the molecule is C=C/C=C(\C=C)C(C)(C)CC(C)(C)CCC(=C)C(O)C(/C=C\C)=C/C=C\C. The molecule has 1 nitrogen and oxygen atoms in total. The molecular formula is C26H40O. The number of hydrogen-bond acceptors (Lipinski definition) is 1. The van der Waals surface area contributed by atoms with Crippen LogP contribution in [0.2, 0.25) is 0 Å². The van der Waals surface area contributed by atoms with Crippen molar-refractivity contribution >= 4 is 0 Å². The van der Waals surface area contributed by atoms with Gasteiger partial charge in [-0.15, -0.1) is 0 Å². The summed E-state index contributed by atoms with van der Waals surface area (Å²) in [6, 6.07) is 0. The molecule has 0 aliphatic rings. The van der Waals surface area contributed by atoms with Gasteiger partial charge in [0.25, 0.3) is 0 Å². The van der Waals surface area contributed by atoms with E-state index in [0.29, 0.717) is 0 Å². The van der Waals surface area contributed by atoms with Crippen molar-refractivity contribution in [3.8, 4) is 0 Å². The molecule has 1 atom stereocenters. The number of hydrogen-bond donors (Lipinski definition) is 1. The largest absolute Gasteiger partial charge is 0.384 e. The molecule has 1 heteroatoms. The number of aliphatic hydroxyl groups excluding tert-OH is 1. The molecule has 0 radical (unpaired) electrons. The van der Waals surface area contributed by atoms with Crippen LogP contribution >= 0.6 is 0 Å². The molecule has 0 aliphatic heterocycles. The van der Waals surface area contributed by atoms with Gasteiger partial charge < -0.3 is 5.11 Å². The molecule has 0 saturated heterocycles. The minimum Gasteiger partial charge on any atom is -0.384 e. The van der Waals surface area contributed by atoms with Crippen LogP contribution in [0.25, 0.3) is 0 Å². The van der Waals surface area contributed by atoms with E-state index in [1.165, 1.54) is 5.57 Å². The van der Waals surface area contributed by atoms with Gasteiger partial charge in [0.2, 0.25) is 0 Å². The third-order valence-electron chi connectivity index (χ3n) is 4.88. The van der Waals surface area contributed by atoms with Crippen LogP contribution in [0.1, 0.15) is 60.8 Å². The van der Waals surface area contributed by atoms with Crippen LogP contribution in [0, 0.1) is 10.8 Å². The summed E-state index contributed by atoms with van der Waals surface area (Å²) in [6.45, 7) is 24.9. The van der Waals surface area contributed by atoms with Crippen molar-refractivity contribution in [3.05, 3.63) is 85.1 Å². The molecular weight excluding hydrogens is 328 g/mol. The summed E-state index contributed by atoms with van der Waals surface area (Å²) in [4.78, 5) is 0. The molecule has 0 fully saturated rings. The Balaban J connectivity index is 5.11. The summed E-state index contributed by atoms with van der Waals surface area (Å²) >= 11 is 0. The molecule has 0 spiro atoms. The molecule has 0 aliphatic carbocycles. The van der Waals surface area contributed by atoms with Crippen LogP contribution in [0.15, 0.2) is 85.1 Å². The Morgan fingerprint density at radius 2 is 1.67 bits per heavy atom. The van der Waals surface area contributed by atoms with E-state index in [-0.39, 0.29) is 10.8 Å². The van der Waals surface area contributed by atoms with Gasteiger partial charge in [0, 0.05) is 0 Å². The zero-order valence-electron chi connectivity index (χ0n) is 18.4. The van der Waals surface area contributed by atoms with Crippen LogP contribution in [0.5, 0.6) is 0 Å². The second-order valence-electron chi connectivity index (χ2n) is 8.54. The molecule has 27 heavy (non-hydrogen) atoms. The van der Waals surface area contributed by atoms with Crippen LogP contribution in [0.3, 0.4) is 0 Å². The first-order chi connectivity index (χ1) is 12.5. The Kier molecular flexibility index (Phi) is 11.0. The van der Waals surface area contributed by atoms with E-state index < -0.39 is 6.10 Å². The van der Waals surface area contributed by atoms with Crippen molar-refractivity contribution in [3.63, 3.8) is 0 Å². The van der Waals surface area contributed by atoms with Gasteiger partial charge in [0.1, 0.15) is 0 Å². The molecule has 0 aromatic carbocycles. The second kappa shape index (κ2) is 11.8. The highest BCUT2D eigenvalue weighted by Gasteiger charge is 2.30. The minimum absolute atomic E-state index is 0.0152. The van der Waals surface area contributed by atoms with Gasteiger partial charge in [-0.25, -0.2) is 0 Å². The zero-order chi connectivity index (χ0) is 21.1. The van der Waals surface area contributed by atoms with E-state index in [1.807, 2.05) is 62.5 Å². The summed E-state index contributed by atoms with van der Waals surface area (Å²) in [5.41, 5.74) is 3.07. The molecule has 0 aromatic heterocycles. The van der Waals surface area contributed by atoms with Crippen molar-refractivity contribution in [2.75, 3.05) is 0 Å². The highest BCUT2D eigenvalue weighted by Crippen LogP contribution is 2.42. The highest BCUT2D eigenvalue weighted by atomic mass is 16.3. The normalized spacial score (nSPS) is 15.4. The summed E-state index contributed by atoms with van der Waals surface area (Å²) in [5, 5.41) is 10.7. The Hall–Kier alpha value is -1.86. The molecule has 0 amide bonds. The minimum atomic E-state index is -0.634. The van der Waals surface area contributed by atoms with Gasteiger partial charge >= 0.3 is 0 Å². The van der Waals surface area contributed by atoms with Gasteiger partial charge in [0.15, 0.2) is 0 Å². The fourth-order valence-corrected chi connectivity index (χ4v) is 3.59. The standard InChI is InChI=1S/C26H40O/c1-10-14-17-22(15-11-2)24(27)21(5)18-19-25(6,7)20-26(8,9)23(13-4)16-12-3/h10-17,24,27H,3-5,18-20H2,1-2,6-9H3/b14-10-,15-11-,22-17+,23-16+. The number of allylic oxidation sites excluding steroid dienone is 8. The molecule has 0 rings (SSSR count). The monoisotopic (exact) mass is 368 g/mol. The molecule has 150 valence electrons. The molecule has 1 unspecified atom stereocenters. The van der Waals surface area contributed by atoms with E-state index in [2.05, 4.69) is 47.4 Å². The lowest BCUT2D eigenvalue weighted by Crippen LogP contribution is -2.25. The highest BCUT2D eigenvalue weighted by molar-refractivity contribution is 5.33. The Labute approximate surface area is 168 Å². The maximum atomic E-state index is 10.7. The van der Waals surface area contributed by atoms with Crippen molar-refractivity contribution in [1.29, 1.82) is 0 Å². The quantitative estimate of drug-likeness (QED) is 0.279. The third-order valence-corrected chi connectivity index (χ3v) is 4.88. The van der Waals surface area contributed by atoms with E-state index >= 15 is 0 Å².